The van der Waals surface area contributed by atoms with Gasteiger partial charge in [-0.15, -0.1) is 0 Å². The lowest BCUT2D eigenvalue weighted by molar-refractivity contribution is -0.0287. The monoisotopic (exact) mass is 375 g/mol. The van der Waals surface area contributed by atoms with Crippen molar-refractivity contribution in [2.75, 3.05) is 31.1 Å². The smallest absolute Gasteiger partial charge is 0.150 e. The van der Waals surface area contributed by atoms with Crippen LogP contribution in [0.3, 0.4) is 0 Å². The van der Waals surface area contributed by atoms with Gasteiger partial charge >= 0.3 is 0 Å². The maximum Gasteiger partial charge on any atom is 0.150 e. The largest absolute Gasteiger partial charge is 0.388 e. The Balaban J connectivity index is 1.59. The molecule has 0 unspecified atom stereocenters. The van der Waals surface area contributed by atoms with Crippen molar-refractivity contribution in [2.45, 2.75) is 37.0 Å². The Labute approximate surface area is 147 Å². The Kier molecular flexibility index (Phi) is 4.95. The lowest BCUT2D eigenvalue weighted by Gasteiger charge is -2.41. The Bertz CT molecular complexity index is 688. The molecule has 1 N–H and O–H groups in total. The molecule has 2 heterocycles. The number of β-amino-alcohol motifs (C(OH)–C–C–N with tert-alkyl or cyclic N) is 1. The standard InChI is InChI=1S/C17H23ClFNO3S/c18-15-3-1-2-14(12-15)17(19)4-8-20(9-5-17)13-16(21)6-10-24(22,23)11-7-16/h1-3,12,21H,4-11,13H2. The first kappa shape index (κ1) is 18.1. The van der Waals surface area contributed by atoms with Gasteiger partial charge in [0, 0.05) is 24.7 Å². The van der Waals surface area contributed by atoms with Crippen LogP contribution in [0.15, 0.2) is 24.3 Å². The number of piperidine rings is 1. The summed E-state index contributed by atoms with van der Waals surface area (Å²) in [5.74, 6) is 0.0693. The first-order valence-electron chi connectivity index (χ1n) is 8.30. The van der Waals surface area contributed by atoms with Crippen molar-refractivity contribution < 1.29 is 17.9 Å². The number of sulfone groups is 1. The fourth-order valence-corrected chi connectivity index (χ4v) is 5.39. The van der Waals surface area contributed by atoms with Gasteiger partial charge in [0.2, 0.25) is 0 Å². The van der Waals surface area contributed by atoms with E-state index >= 15 is 4.39 Å². The molecular formula is C17H23ClFNO3S. The molecular weight excluding hydrogens is 353 g/mol. The molecule has 1 aromatic rings. The van der Waals surface area contributed by atoms with Crippen LogP contribution in [0.4, 0.5) is 4.39 Å². The molecule has 0 saturated carbocycles. The molecule has 0 aliphatic carbocycles. The van der Waals surface area contributed by atoms with Crippen LogP contribution in [0.1, 0.15) is 31.2 Å². The summed E-state index contributed by atoms with van der Waals surface area (Å²) in [4.78, 5) is 2.04. The van der Waals surface area contributed by atoms with Crippen molar-refractivity contribution in [2.24, 2.45) is 0 Å². The highest BCUT2D eigenvalue weighted by molar-refractivity contribution is 7.91. The number of nitrogens with zero attached hydrogens (tertiary/aromatic N) is 1. The molecule has 4 nitrogen and oxygen atoms in total. The summed E-state index contributed by atoms with van der Waals surface area (Å²) in [7, 11) is -3.00. The molecule has 1 aromatic carbocycles. The predicted octanol–water partition coefficient (Wildman–Crippen LogP) is 2.54. The molecule has 0 aromatic heterocycles. The Morgan fingerprint density at radius 3 is 2.38 bits per heavy atom. The zero-order chi connectivity index (χ0) is 17.4. The molecule has 7 heteroatoms. The summed E-state index contributed by atoms with van der Waals surface area (Å²) in [5.41, 5.74) is -1.76. The van der Waals surface area contributed by atoms with Crippen molar-refractivity contribution in [1.29, 1.82) is 0 Å². The number of benzene rings is 1. The number of hydrogen-bond acceptors (Lipinski definition) is 4. The van der Waals surface area contributed by atoms with Crippen LogP contribution >= 0.6 is 11.6 Å². The van der Waals surface area contributed by atoms with Gasteiger partial charge < -0.3 is 10.0 Å². The molecule has 24 heavy (non-hydrogen) atoms. The number of alkyl halides is 1. The second-order valence-corrected chi connectivity index (χ2v) is 9.87. The molecule has 2 saturated heterocycles. The van der Waals surface area contributed by atoms with E-state index in [1.165, 1.54) is 0 Å². The summed E-state index contributed by atoms with van der Waals surface area (Å²) >= 11 is 5.97. The molecule has 0 atom stereocenters. The third-order valence-corrected chi connectivity index (χ3v) is 7.15. The lowest BCUT2D eigenvalue weighted by atomic mass is 9.85. The van der Waals surface area contributed by atoms with Gasteiger partial charge in [0.15, 0.2) is 9.84 Å². The number of aliphatic hydroxyl groups is 1. The van der Waals surface area contributed by atoms with Crippen molar-refractivity contribution in [3.63, 3.8) is 0 Å². The van der Waals surface area contributed by atoms with E-state index in [1.54, 1.807) is 24.3 Å². The van der Waals surface area contributed by atoms with E-state index in [4.69, 9.17) is 11.6 Å². The second kappa shape index (κ2) is 6.56. The quantitative estimate of drug-likeness (QED) is 0.882. The molecule has 134 valence electrons. The van der Waals surface area contributed by atoms with Crippen molar-refractivity contribution in [1.82, 2.24) is 4.90 Å². The minimum Gasteiger partial charge on any atom is -0.388 e. The van der Waals surface area contributed by atoms with Gasteiger partial charge in [0.1, 0.15) is 5.67 Å². The molecule has 0 spiro atoms. The van der Waals surface area contributed by atoms with Gasteiger partial charge in [-0.2, -0.15) is 0 Å². The highest BCUT2D eigenvalue weighted by Crippen LogP contribution is 2.38. The van der Waals surface area contributed by atoms with Gasteiger partial charge in [-0.1, -0.05) is 23.7 Å². The van der Waals surface area contributed by atoms with Crippen LogP contribution < -0.4 is 0 Å². The third-order valence-electron chi connectivity index (χ3n) is 5.27. The topological polar surface area (TPSA) is 57.6 Å². The first-order valence-corrected chi connectivity index (χ1v) is 10.5. The van der Waals surface area contributed by atoms with Gasteiger partial charge in [-0.05, 0) is 43.4 Å². The van der Waals surface area contributed by atoms with E-state index in [2.05, 4.69) is 0 Å². The van der Waals surface area contributed by atoms with Crippen LogP contribution in [0.25, 0.3) is 0 Å². The average Bonchev–Trinajstić information content (AvgIpc) is 2.53. The summed E-state index contributed by atoms with van der Waals surface area (Å²) in [6, 6.07) is 6.94. The van der Waals surface area contributed by atoms with Crippen LogP contribution in [0, 0.1) is 0 Å². The summed E-state index contributed by atoms with van der Waals surface area (Å²) in [6.45, 7) is 1.49. The van der Waals surface area contributed by atoms with Crippen LogP contribution in [-0.4, -0.2) is 55.2 Å². The molecule has 2 fully saturated rings. The Hall–Kier alpha value is -0.690. The van der Waals surface area contributed by atoms with Crippen molar-refractivity contribution in [3.05, 3.63) is 34.9 Å². The van der Waals surface area contributed by atoms with E-state index in [0.29, 0.717) is 43.1 Å². The summed E-state index contributed by atoms with van der Waals surface area (Å²) < 4.78 is 38.2. The molecule has 0 radical (unpaired) electrons. The van der Waals surface area contributed by atoms with E-state index < -0.39 is 21.1 Å². The van der Waals surface area contributed by atoms with Crippen molar-refractivity contribution in [3.8, 4) is 0 Å². The second-order valence-electron chi connectivity index (χ2n) is 7.13. The third kappa shape index (κ3) is 4.10. The van der Waals surface area contributed by atoms with E-state index in [1.807, 2.05) is 4.90 Å². The molecule has 2 aliphatic heterocycles. The number of hydrogen-bond donors (Lipinski definition) is 1. The first-order chi connectivity index (χ1) is 11.2. The minimum absolute atomic E-state index is 0.0346. The number of rotatable bonds is 3. The highest BCUT2D eigenvalue weighted by Gasteiger charge is 2.41. The maximum absolute atomic E-state index is 15.2. The number of likely N-dealkylation sites (tertiary alicyclic amines) is 1. The number of halogens is 2. The zero-order valence-electron chi connectivity index (χ0n) is 13.5. The van der Waals surface area contributed by atoms with Gasteiger partial charge in [0.05, 0.1) is 17.1 Å². The molecule has 3 rings (SSSR count). The summed E-state index contributed by atoms with van der Waals surface area (Å²) in [5, 5.41) is 11.2. The van der Waals surface area contributed by atoms with E-state index in [-0.39, 0.29) is 24.3 Å². The normalized spacial score (nSPS) is 26.1. The Morgan fingerprint density at radius 2 is 1.79 bits per heavy atom. The van der Waals surface area contributed by atoms with Crippen LogP contribution in [0.5, 0.6) is 0 Å². The average molecular weight is 376 g/mol. The summed E-state index contributed by atoms with van der Waals surface area (Å²) in [6.07, 6.45) is 1.23. The molecule has 0 bridgehead atoms. The highest BCUT2D eigenvalue weighted by atomic mass is 35.5. The molecule has 2 aliphatic rings. The van der Waals surface area contributed by atoms with Gasteiger partial charge in [0.25, 0.3) is 0 Å². The fourth-order valence-electron chi connectivity index (χ4n) is 3.61. The predicted molar refractivity (Wildman–Crippen MR) is 92.7 cm³/mol. The van der Waals surface area contributed by atoms with E-state index in [9.17, 15) is 13.5 Å². The SMILES string of the molecule is O=S1(=O)CCC(O)(CN2CCC(F)(c3cccc(Cl)c3)CC2)CC1. The Morgan fingerprint density at radius 1 is 1.17 bits per heavy atom. The minimum atomic E-state index is -3.00. The van der Waals surface area contributed by atoms with Crippen LogP contribution in [0.2, 0.25) is 5.02 Å². The van der Waals surface area contributed by atoms with Gasteiger partial charge in [-0.25, -0.2) is 12.8 Å². The zero-order valence-corrected chi connectivity index (χ0v) is 15.1. The molecule has 0 amide bonds. The van der Waals surface area contributed by atoms with Crippen molar-refractivity contribution >= 4 is 21.4 Å². The maximum atomic E-state index is 15.2. The van der Waals surface area contributed by atoms with E-state index in [0.717, 1.165) is 0 Å². The van der Waals surface area contributed by atoms with Gasteiger partial charge in [-0.3, -0.25) is 0 Å². The lowest BCUT2D eigenvalue weighted by Crippen LogP contribution is -2.51. The van der Waals surface area contributed by atoms with Crippen LogP contribution in [-0.2, 0) is 15.5 Å². The fraction of sp³-hybridized carbons (Fsp3) is 0.647.